The van der Waals surface area contributed by atoms with Crippen LogP contribution in [0.25, 0.3) is 0 Å². The number of unbranched alkanes of at least 4 members (excludes halogenated alkanes) is 2. The van der Waals surface area contributed by atoms with Crippen molar-refractivity contribution in [1.29, 1.82) is 0 Å². The predicted molar refractivity (Wildman–Crippen MR) is 35.3 cm³/mol. The van der Waals surface area contributed by atoms with Gasteiger partial charge in [-0.1, -0.05) is 19.8 Å². The summed E-state index contributed by atoms with van der Waals surface area (Å²) in [5.41, 5.74) is 0. The van der Waals surface area contributed by atoms with Crippen molar-refractivity contribution in [2.45, 2.75) is 26.2 Å². The Kier molecular flexibility index (Phi) is 12.6. The van der Waals surface area contributed by atoms with Gasteiger partial charge in [0.05, 0.1) is 0 Å². The summed E-state index contributed by atoms with van der Waals surface area (Å²) in [7, 11) is -2.37. The van der Waals surface area contributed by atoms with Crippen molar-refractivity contribution in [3.05, 3.63) is 0 Å². The second kappa shape index (κ2) is 9.55. The third-order valence-corrected chi connectivity index (χ3v) is 1.35. The fourth-order valence-corrected chi connectivity index (χ4v) is 0.780. The first-order chi connectivity index (χ1) is 4.27. The minimum atomic E-state index is -2.37. The Balaban J connectivity index is 0. The third-order valence-electron chi connectivity index (χ3n) is 0.950. The SMILES string of the molecule is CCCCCO[P+](=O)O.[Cr]. The van der Waals surface area contributed by atoms with Crippen LogP contribution in [-0.2, 0) is 26.4 Å². The molecule has 1 N–H and O–H groups in total. The van der Waals surface area contributed by atoms with Gasteiger partial charge < -0.3 is 0 Å². The van der Waals surface area contributed by atoms with Crippen LogP contribution in [0, 0.1) is 0 Å². The van der Waals surface area contributed by atoms with Crippen molar-refractivity contribution in [3.63, 3.8) is 0 Å². The average Bonchev–Trinajstić information content (AvgIpc) is 1.80. The summed E-state index contributed by atoms with van der Waals surface area (Å²) in [6.45, 7) is 2.47. The first kappa shape index (κ1) is 13.2. The van der Waals surface area contributed by atoms with Crippen LogP contribution in [0.4, 0.5) is 0 Å². The molecular formula is C5H12CrO3P+. The van der Waals surface area contributed by atoms with E-state index in [1.807, 2.05) is 0 Å². The molecule has 10 heavy (non-hydrogen) atoms. The Morgan fingerprint density at radius 3 is 2.50 bits per heavy atom. The molecule has 0 heterocycles. The van der Waals surface area contributed by atoms with Crippen molar-refractivity contribution in [3.8, 4) is 0 Å². The van der Waals surface area contributed by atoms with Crippen LogP contribution in [0.2, 0.25) is 0 Å². The maximum absolute atomic E-state index is 9.89. The van der Waals surface area contributed by atoms with Gasteiger partial charge in [-0.15, -0.1) is 9.42 Å². The van der Waals surface area contributed by atoms with E-state index in [0.29, 0.717) is 6.61 Å². The monoisotopic (exact) mass is 203 g/mol. The number of hydrogen-bond acceptors (Lipinski definition) is 2. The van der Waals surface area contributed by atoms with E-state index in [4.69, 9.17) is 4.89 Å². The van der Waals surface area contributed by atoms with Crippen molar-refractivity contribution < 1.29 is 31.3 Å². The second-order valence-corrected chi connectivity index (χ2v) is 2.51. The normalized spacial score (nSPS) is 10.4. The molecule has 5 heteroatoms. The standard InChI is InChI=1S/C5H11O3P.Cr/c1-2-3-4-5-8-9(6)7;/h2-5H2,1H3;/p+1. The zero-order chi connectivity index (χ0) is 7.11. The third kappa shape index (κ3) is 11.4. The van der Waals surface area contributed by atoms with Crippen LogP contribution in [-0.4, -0.2) is 11.5 Å². The minimum Gasteiger partial charge on any atom is -0.133 e. The average molecular weight is 203 g/mol. The van der Waals surface area contributed by atoms with Gasteiger partial charge in [0.1, 0.15) is 6.61 Å². The first-order valence-corrected chi connectivity index (χ1v) is 4.19. The minimum absolute atomic E-state index is 0. The van der Waals surface area contributed by atoms with Gasteiger partial charge in [-0.05, 0) is 6.42 Å². The van der Waals surface area contributed by atoms with E-state index >= 15 is 0 Å². The van der Waals surface area contributed by atoms with Crippen LogP contribution in [0.3, 0.4) is 0 Å². The molecule has 0 saturated heterocycles. The van der Waals surface area contributed by atoms with Gasteiger partial charge >= 0.3 is 8.25 Å². The maximum Gasteiger partial charge on any atom is 0.694 e. The number of rotatable bonds is 5. The Hall–Kier alpha value is 0.552. The van der Waals surface area contributed by atoms with Gasteiger partial charge in [0.25, 0.3) is 0 Å². The van der Waals surface area contributed by atoms with Crippen molar-refractivity contribution in [1.82, 2.24) is 0 Å². The molecule has 0 fully saturated rings. The molecule has 0 aliphatic rings. The van der Waals surface area contributed by atoms with E-state index in [-0.39, 0.29) is 17.4 Å². The smallest absolute Gasteiger partial charge is 0.133 e. The molecular weight excluding hydrogens is 191 g/mol. The van der Waals surface area contributed by atoms with Crippen LogP contribution >= 0.6 is 8.25 Å². The Labute approximate surface area is 72.9 Å². The molecule has 0 radical (unpaired) electrons. The van der Waals surface area contributed by atoms with E-state index in [0.717, 1.165) is 19.3 Å². The summed E-state index contributed by atoms with van der Waals surface area (Å²) in [5.74, 6) is 0. The van der Waals surface area contributed by atoms with Crippen molar-refractivity contribution in [2.75, 3.05) is 6.61 Å². The van der Waals surface area contributed by atoms with Gasteiger partial charge in [0.2, 0.25) is 0 Å². The molecule has 0 aromatic rings. The van der Waals surface area contributed by atoms with Gasteiger partial charge in [-0.25, -0.2) is 0 Å². The van der Waals surface area contributed by atoms with Crippen LogP contribution < -0.4 is 0 Å². The molecule has 0 aromatic carbocycles. The second-order valence-electron chi connectivity index (χ2n) is 1.78. The summed E-state index contributed by atoms with van der Waals surface area (Å²) in [6, 6.07) is 0. The topological polar surface area (TPSA) is 46.5 Å². The summed E-state index contributed by atoms with van der Waals surface area (Å²) in [4.78, 5) is 8.14. The molecule has 0 aliphatic heterocycles. The zero-order valence-electron chi connectivity index (χ0n) is 5.95. The van der Waals surface area contributed by atoms with Crippen LogP contribution in [0.5, 0.6) is 0 Å². The quantitative estimate of drug-likeness (QED) is 0.547. The summed E-state index contributed by atoms with van der Waals surface area (Å²) in [6.07, 6.45) is 3.03. The van der Waals surface area contributed by atoms with E-state index in [1.165, 1.54) is 0 Å². The van der Waals surface area contributed by atoms with Crippen molar-refractivity contribution >= 4 is 8.25 Å². The maximum atomic E-state index is 9.89. The Morgan fingerprint density at radius 2 is 2.10 bits per heavy atom. The van der Waals surface area contributed by atoms with E-state index in [2.05, 4.69) is 11.4 Å². The molecule has 60 valence electrons. The number of hydrogen-bond donors (Lipinski definition) is 1. The largest absolute Gasteiger partial charge is 0.694 e. The van der Waals surface area contributed by atoms with Gasteiger partial charge in [0.15, 0.2) is 0 Å². The molecule has 1 unspecified atom stereocenters. The molecule has 0 aromatic heterocycles. The molecule has 0 rings (SSSR count). The first-order valence-electron chi connectivity index (χ1n) is 3.06. The summed E-state index contributed by atoms with van der Waals surface area (Å²) >= 11 is 0. The molecule has 3 nitrogen and oxygen atoms in total. The van der Waals surface area contributed by atoms with E-state index < -0.39 is 8.25 Å². The van der Waals surface area contributed by atoms with Gasteiger partial charge in [-0.3, -0.25) is 0 Å². The van der Waals surface area contributed by atoms with E-state index in [9.17, 15) is 4.57 Å². The Bertz CT molecular complexity index is 89.0. The summed E-state index contributed by atoms with van der Waals surface area (Å²) < 4.78 is 14.3. The van der Waals surface area contributed by atoms with Gasteiger partial charge in [-0.2, -0.15) is 0 Å². The van der Waals surface area contributed by atoms with Crippen LogP contribution in [0.1, 0.15) is 26.2 Å². The molecule has 0 aliphatic carbocycles. The van der Waals surface area contributed by atoms with Crippen LogP contribution in [0.15, 0.2) is 0 Å². The zero-order valence-corrected chi connectivity index (χ0v) is 8.12. The molecule has 0 amide bonds. The fourth-order valence-electron chi connectivity index (χ4n) is 0.495. The van der Waals surface area contributed by atoms with Gasteiger partial charge in [0, 0.05) is 21.9 Å². The molecule has 1 atom stereocenters. The fraction of sp³-hybridized carbons (Fsp3) is 1.00. The summed E-state index contributed by atoms with van der Waals surface area (Å²) in [5, 5.41) is 0. The molecule has 0 saturated carbocycles. The molecule has 0 spiro atoms. The van der Waals surface area contributed by atoms with Crippen molar-refractivity contribution in [2.24, 2.45) is 0 Å². The molecule has 0 bridgehead atoms. The Morgan fingerprint density at radius 1 is 1.50 bits per heavy atom. The van der Waals surface area contributed by atoms with E-state index in [1.54, 1.807) is 0 Å². The predicted octanol–water partition coefficient (Wildman–Crippen LogP) is 1.84.